The van der Waals surface area contributed by atoms with Crippen molar-refractivity contribution in [3.05, 3.63) is 35.4 Å². The van der Waals surface area contributed by atoms with Crippen LogP contribution in [0.5, 0.6) is 0 Å². The number of halogens is 3. The van der Waals surface area contributed by atoms with Gasteiger partial charge in [-0.15, -0.1) is 0 Å². The molecule has 0 heterocycles. The van der Waals surface area contributed by atoms with E-state index in [0.717, 1.165) is 30.7 Å². The highest BCUT2D eigenvalue weighted by Crippen LogP contribution is 2.30. The molecule has 0 aromatic heterocycles. The lowest BCUT2D eigenvalue weighted by Gasteiger charge is -2.21. The van der Waals surface area contributed by atoms with Crippen molar-refractivity contribution < 1.29 is 17.9 Å². The van der Waals surface area contributed by atoms with Crippen LogP contribution in [-0.4, -0.2) is 19.3 Å². The molecule has 114 valence electrons. The number of benzene rings is 1. The van der Waals surface area contributed by atoms with E-state index in [9.17, 15) is 13.2 Å². The van der Waals surface area contributed by atoms with Crippen LogP contribution >= 0.6 is 0 Å². The van der Waals surface area contributed by atoms with Crippen molar-refractivity contribution in [1.82, 2.24) is 5.32 Å². The van der Waals surface area contributed by atoms with E-state index in [1.807, 2.05) is 20.8 Å². The first-order valence-electron chi connectivity index (χ1n) is 6.86. The fourth-order valence-electron chi connectivity index (χ4n) is 1.78. The third-order valence-electron chi connectivity index (χ3n) is 2.88. The number of nitrogens with one attached hydrogen (secondary N) is 1. The van der Waals surface area contributed by atoms with Gasteiger partial charge in [-0.25, -0.2) is 0 Å². The SMILES string of the molecule is CCCNC(COC(C)C)c1ccc(C(F)(F)F)cc1. The van der Waals surface area contributed by atoms with Gasteiger partial charge in [-0.2, -0.15) is 13.2 Å². The predicted octanol–water partition coefficient (Wildman–Crippen LogP) is 4.17. The van der Waals surface area contributed by atoms with Gasteiger partial charge in [-0.05, 0) is 44.5 Å². The van der Waals surface area contributed by atoms with Gasteiger partial charge < -0.3 is 10.1 Å². The molecule has 1 rings (SSSR count). The van der Waals surface area contributed by atoms with E-state index in [1.54, 1.807) is 0 Å². The van der Waals surface area contributed by atoms with E-state index in [1.165, 1.54) is 12.1 Å². The fourth-order valence-corrected chi connectivity index (χ4v) is 1.78. The largest absolute Gasteiger partial charge is 0.416 e. The Morgan fingerprint density at radius 2 is 1.75 bits per heavy atom. The standard InChI is InChI=1S/C15H22F3NO/c1-4-9-19-14(10-20-11(2)3)12-5-7-13(8-6-12)15(16,17)18/h5-8,11,14,19H,4,9-10H2,1-3H3. The quantitative estimate of drug-likeness (QED) is 0.813. The van der Waals surface area contributed by atoms with Crippen molar-refractivity contribution in [1.29, 1.82) is 0 Å². The molecule has 1 aromatic carbocycles. The molecule has 1 aromatic rings. The van der Waals surface area contributed by atoms with Crippen molar-refractivity contribution in [2.24, 2.45) is 0 Å². The van der Waals surface area contributed by atoms with Gasteiger partial charge in [0.25, 0.3) is 0 Å². The summed E-state index contributed by atoms with van der Waals surface area (Å²) in [4.78, 5) is 0. The first-order valence-corrected chi connectivity index (χ1v) is 6.86. The minimum atomic E-state index is -4.29. The van der Waals surface area contributed by atoms with Crippen LogP contribution in [0, 0.1) is 0 Å². The average Bonchev–Trinajstić information content (AvgIpc) is 2.38. The third-order valence-corrected chi connectivity index (χ3v) is 2.88. The minimum Gasteiger partial charge on any atom is -0.377 e. The topological polar surface area (TPSA) is 21.3 Å². The molecule has 0 saturated carbocycles. The van der Waals surface area contributed by atoms with Crippen LogP contribution in [-0.2, 0) is 10.9 Å². The number of hydrogen-bond donors (Lipinski definition) is 1. The first kappa shape index (κ1) is 17.0. The lowest BCUT2D eigenvalue weighted by molar-refractivity contribution is -0.137. The summed E-state index contributed by atoms with van der Waals surface area (Å²) in [5, 5.41) is 3.29. The van der Waals surface area contributed by atoms with E-state index in [2.05, 4.69) is 5.32 Å². The zero-order valence-corrected chi connectivity index (χ0v) is 12.1. The molecule has 0 bridgehead atoms. The van der Waals surface area contributed by atoms with Gasteiger partial charge in [0.1, 0.15) is 0 Å². The molecule has 5 heteroatoms. The molecule has 1 atom stereocenters. The summed E-state index contributed by atoms with van der Waals surface area (Å²) in [5.74, 6) is 0. The highest BCUT2D eigenvalue weighted by molar-refractivity contribution is 5.26. The second-order valence-corrected chi connectivity index (χ2v) is 5.01. The molecule has 20 heavy (non-hydrogen) atoms. The first-order chi connectivity index (χ1) is 9.34. The molecule has 0 saturated heterocycles. The van der Waals surface area contributed by atoms with Crippen LogP contribution in [0.2, 0.25) is 0 Å². The molecule has 0 amide bonds. The maximum atomic E-state index is 12.5. The smallest absolute Gasteiger partial charge is 0.377 e. The molecule has 1 N–H and O–H groups in total. The van der Waals surface area contributed by atoms with Gasteiger partial charge >= 0.3 is 6.18 Å². The third kappa shape index (κ3) is 5.51. The Hall–Kier alpha value is -1.07. The van der Waals surface area contributed by atoms with E-state index in [0.29, 0.717) is 6.61 Å². The van der Waals surface area contributed by atoms with Crippen molar-refractivity contribution in [2.75, 3.05) is 13.2 Å². The van der Waals surface area contributed by atoms with Crippen LogP contribution in [0.15, 0.2) is 24.3 Å². The molecular formula is C15H22F3NO. The molecular weight excluding hydrogens is 267 g/mol. The number of alkyl halides is 3. The van der Waals surface area contributed by atoms with Crippen LogP contribution in [0.1, 0.15) is 44.4 Å². The average molecular weight is 289 g/mol. The van der Waals surface area contributed by atoms with Crippen molar-refractivity contribution in [3.8, 4) is 0 Å². The molecule has 0 fully saturated rings. The van der Waals surface area contributed by atoms with Crippen LogP contribution < -0.4 is 5.32 Å². The number of hydrogen-bond acceptors (Lipinski definition) is 2. The normalized spacial score (nSPS) is 13.8. The summed E-state index contributed by atoms with van der Waals surface area (Å²) in [7, 11) is 0. The van der Waals surface area contributed by atoms with E-state index in [4.69, 9.17) is 4.74 Å². The second kappa shape index (κ2) is 7.64. The summed E-state index contributed by atoms with van der Waals surface area (Å²) in [6, 6.07) is 5.18. The fraction of sp³-hybridized carbons (Fsp3) is 0.600. The van der Waals surface area contributed by atoms with Gasteiger partial charge in [-0.1, -0.05) is 19.1 Å². The Morgan fingerprint density at radius 1 is 1.15 bits per heavy atom. The monoisotopic (exact) mass is 289 g/mol. The van der Waals surface area contributed by atoms with Gasteiger partial charge in [0.2, 0.25) is 0 Å². The lowest BCUT2D eigenvalue weighted by atomic mass is 10.0. The van der Waals surface area contributed by atoms with Crippen molar-refractivity contribution in [3.63, 3.8) is 0 Å². The van der Waals surface area contributed by atoms with Gasteiger partial charge in [0.05, 0.1) is 24.3 Å². The summed E-state index contributed by atoms with van der Waals surface area (Å²) in [6.45, 7) is 7.16. The van der Waals surface area contributed by atoms with Gasteiger partial charge in [0.15, 0.2) is 0 Å². The molecule has 0 radical (unpaired) electrons. The van der Waals surface area contributed by atoms with Crippen LogP contribution in [0.4, 0.5) is 13.2 Å². The summed E-state index contributed by atoms with van der Waals surface area (Å²) < 4.78 is 43.2. The Labute approximate surface area is 118 Å². The Kier molecular flexibility index (Phi) is 6.49. The molecule has 1 unspecified atom stereocenters. The van der Waals surface area contributed by atoms with Crippen molar-refractivity contribution >= 4 is 0 Å². The summed E-state index contributed by atoms with van der Waals surface area (Å²) in [5.41, 5.74) is 0.187. The Bertz CT molecular complexity index is 387. The maximum absolute atomic E-state index is 12.5. The zero-order valence-electron chi connectivity index (χ0n) is 12.1. The van der Waals surface area contributed by atoms with E-state index < -0.39 is 11.7 Å². The molecule has 2 nitrogen and oxygen atoms in total. The van der Waals surface area contributed by atoms with Crippen LogP contribution in [0.3, 0.4) is 0 Å². The predicted molar refractivity (Wildman–Crippen MR) is 73.6 cm³/mol. The Balaban J connectivity index is 2.79. The second-order valence-electron chi connectivity index (χ2n) is 5.01. The molecule has 0 aliphatic heterocycles. The summed E-state index contributed by atoms with van der Waals surface area (Å²) >= 11 is 0. The van der Waals surface area contributed by atoms with Crippen LogP contribution in [0.25, 0.3) is 0 Å². The lowest BCUT2D eigenvalue weighted by Crippen LogP contribution is -2.27. The van der Waals surface area contributed by atoms with Crippen molar-refractivity contribution in [2.45, 2.75) is 45.5 Å². The maximum Gasteiger partial charge on any atom is 0.416 e. The Morgan fingerprint density at radius 3 is 2.20 bits per heavy atom. The highest BCUT2D eigenvalue weighted by Gasteiger charge is 2.30. The van der Waals surface area contributed by atoms with Gasteiger partial charge in [0, 0.05) is 0 Å². The molecule has 0 aliphatic carbocycles. The number of rotatable bonds is 7. The van der Waals surface area contributed by atoms with Gasteiger partial charge in [-0.3, -0.25) is 0 Å². The zero-order chi connectivity index (χ0) is 15.2. The summed E-state index contributed by atoms with van der Waals surface area (Å²) in [6.07, 6.45) is -3.24. The van der Waals surface area contributed by atoms with E-state index in [-0.39, 0.29) is 12.1 Å². The number of ether oxygens (including phenoxy) is 1. The van der Waals surface area contributed by atoms with E-state index >= 15 is 0 Å². The molecule has 0 aliphatic rings. The minimum absolute atomic E-state index is 0.0837. The highest BCUT2D eigenvalue weighted by atomic mass is 19.4. The molecule has 0 spiro atoms.